The van der Waals surface area contributed by atoms with Gasteiger partial charge in [0, 0.05) is 32.1 Å². The third kappa shape index (κ3) is 3.81. The van der Waals surface area contributed by atoms with Gasteiger partial charge in [0.25, 0.3) is 0 Å². The predicted molar refractivity (Wildman–Crippen MR) is 71.4 cm³/mol. The van der Waals surface area contributed by atoms with Crippen molar-refractivity contribution in [3.8, 4) is 5.75 Å². The van der Waals surface area contributed by atoms with Gasteiger partial charge >= 0.3 is 0 Å². The second-order valence-electron chi connectivity index (χ2n) is 4.46. The Morgan fingerprint density at radius 2 is 2.47 bits per heavy atom. The molecule has 2 heterocycles. The average molecular weight is 285 g/mol. The molecular weight excluding hydrogens is 268 g/mol. The second kappa shape index (κ2) is 6.73. The number of halogens is 1. The van der Waals surface area contributed by atoms with Crippen LogP contribution in [0.25, 0.3) is 0 Å². The summed E-state index contributed by atoms with van der Waals surface area (Å²) < 4.78 is 10.7. The minimum Gasteiger partial charge on any atom is -0.487 e. The number of rotatable bonds is 4. The van der Waals surface area contributed by atoms with Gasteiger partial charge < -0.3 is 14.4 Å². The van der Waals surface area contributed by atoms with Crippen LogP contribution in [0.2, 0.25) is 5.02 Å². The molecule has 0 spiro atoms. The molecule has 5 nitrogen and oxygen atoms in total. The molecule has 1 aromatic rings. The highest BCUT2D eigenvalue weighted by molar-refractivity contribution is 6.31. The first-order valence-corrected chi connectivity index (χ1v) is 6.61. The molecule has 2 rings (SSSR count). The third-order valence-corrected chi connectivity index (χ3v) is 3.31. The van der Waals surface area contributed by atoms with Crippen LogP contribution < -0.4 is 4.74 Å². The number of carbonyl (C=O) groups excluding carboxylic acids is 1. The molecule has 0 bridgehead atoms. The third-order valence-electron chi connectivity index (χ3n) is 3.03. The van der Waals surface area contributed by atoms with Crippen LogP contribution in [0.15, 0.2) is 18.5 Å². The SMILES string of the molecule is COCC(=O)N1CCCC(Oc2ccncc2Cl)C1. The van der Waals surface area contributed by atoms with Gasteiger partial charge in [0.15, 0.2) is 0 Å². The van der Waals surface area contributed by atoms with Gasteiger partial charge in [-0.25, -0.2) is 0 Å². The van der Waals surface area contributed by atoms with Gasteiger partial charge in [0.1, 0.15) is 23.5 Å². The fourth-order valence-corrected chi connectivity index (χ4v) is 2.28. The van der Waals surface area contributed by atoms with Crippen LogP contribution in [-0.2, 0) is 9.53 Å². The van der Waals surface area contributed by atoms with Gasteiger partial charge in [-0.05, 0) is 12.8 Å². The zero-order chi connectivity index (χ0) is 13.7. The van der Waals surface area contributed by atoms with E-state index in [2.05, 4.69) is 4.98 Å². The zero-order valence-electron chi connectivity index (χ0n) is 10.8. The summed E-state index contributed by atoms with van der Waals surface area (Å²) in [5.41, 5.74) is 0. The van der Waals surface area contributed by atoms with E-state index in [0.717, 1.165) is 19.4 Å². The van der Waals surface area contributed by atoms with Gasteiger partial charge in [-0.3, -0.25) is 9.78 Å². The monoisotopic (exact) mass is 284 g/mol. The highest BCUT2D eigenvalue weighted by Gasteiger charge is 2.25. The summed E-state index contributed by atoms with van der Waals surface area (Å²) in [6.45, 7) is 1.44. The maximum absolute atomic E-state index is 11.8. The van der Waals surface area contributed by atoms with Crippen LogP contribution in [0.3, 0.4) is 0 Å². The molecule has 0 aromatic carbocycles. The Morgan fingerprint density at radius 1 is 1.63 bits per heavy atom. The fraction of sp³-hybridized carbons (Fsp3) is 0.538. The van der Waals surface area contributed by atoms with Crippen LogP contribution in [0.4, 0.5) is 0 Å². The number of likely N-dealkylation sites (tertiary alicyclic amines) is 1. The molecule has 0 saturated carbocycles. The van der Waals surface area contributed by atoms with Crippen molar-refractivity contribution in [1.29, 1.82) is 0 Å². The molecule has 1 amide bonds. The molecule has 0 radical (unpaired) electrons. The average Bonchev–Trinajstić information content (AvgIpc) is 2.42. The highest BCUT2D eigenvalue weighted by Crippen LogP contribution is 2.25. The van der Waals surface area contributed by atoms with Crippen molar-refractivity contribution < 1.29 is 14.3 Å². The lowest BCUT2D eigenvalue weighted by molar-refractivity contribution is -0.137. The number of ether oxygens (including phenoxy) is 2. The Balaban J connectivity index is 1.94. The quantitative estimate of drug-likeness (QED) is 0.845. The van der Waals surface area contributed by atoms with Gasteiger partial charge in [-0.1, -0.05) is 11.6 Å². The minimum atomic E-state index is -0.0329. The number of piperidine rings is 1. The summed E-state index contributed by atoms with van der Waals surface area (Å²) >= 11 is 6.00. The Bertz CT molecular complexity index is 442. The molecule has 0 aliphatic carbocycles. The number of methoxy groups -OCH3 is 1. The first kappa shape index (κ1) is 14.1. The Labute approximate surface area is 117 Å². The number of hydrogen-bond donors (Lipinski definition) is 0. The van der Waals surface area contributed by atoms with Crippen molar-refractivity contribution in [3.63, 3.8) is 0 Å². The molecule has 0 N–H and O–H groups in total. The van der Waals surface area contributed by atoms with Gasteiger partial charge in [-0.2, -0.15) is 0 Å². The smallest absolute Gasteiger partial charge is 0.248 e. The number of carbonyl (C=O) groups is 1. The standard InChI is InChI=1S/C13H17ClN2O3/c1-18-9-13(17)16-6-2-3-10(8-16)19-12-4-5-15-7-11(12)14/h4-5,7,10H,2-3,6,8-9H2,1H3. The summed E-state index contributed by atoms with van der Waals surface area (Å²) in [7, 11) is 1.52. The molecule has 1 aliphatic rings. The van der Waals surface area contributed by atoms with E-state index >= 15 is 0 Å². The number of amides is 1. The first-order chi connectivity index (χ1) is 9.20. The van der Waals surface area contributed by atoms with E-state index in [1.807, 2.05) is 0 Å². The number of aromatic nitrogens is 1. The van der Waals surface area contributed by atoms with E-state index in [-0.39, 0.29) is 18.6 Å². The summed E-state index contributed by atoms with van der Waals surface area (Å²) in [4.78, 5) is 17.5. The van der Waals surface area contributed by atoms with Gasteiger partial charge in [0.05, 0.1) is 6.54 Å². The molecule has 1 unspecified atom stereocenters. The van der Waals surface area contributed by atoms with Crippen LogP contribution >= 0.6 is 11.6 Å². The van der Waals surface area contributed by atoms with E-state index in [9.17, 15) is 4.79 Å². The Kier molecular flexibility index (Phi) is 4.99. The topological polar surface area (TPSA) is 51.7 Å². The number of hydrogen-bond acceptors (Lipinski definition) is 4. The van der Waals surface area contributed by atoms with Crippen LogP contribution in [0.1, 0.15) is 12.8 Å². The Hall–Kier alpha value is -1.33. The van der Waals surface area contributed by atoms with Crippen molar-refractivity contribution in [2.24, 2.45) is 0 Å². The van der Waals surface area contributed by atoms with E-state index in [1.165, 1.54) is 7.11 Å². The summed E-state index contributed by atoms with van der Waals surface area (Å²) in [6, 6.07) is 1.73. The van der Waals surface area contributed by atoms with E-state index in [4.69, 9.17) is 21.1 Å². The molecule has 1 atom stereocenters. The minimum absolute atomic E-state index is 0.00312. The molecule has 104 valence electrons. The molecule has 1 fully saturated rings. The van der Waals surface area contributed by atoms with Crippen LogP contribution in [0, 0.1) is 0 Å². The van der Waals surface area contributed by atoms with Crippen LogP contribution in [0.5, 0.6) is 5.75 Å². The van der Waals surface area contributed by atoms with Crippen molar-refractivity contribution in [1.82, 2.24) is 9.88 Å². The van der Waals surface area contributed by atoms with Crippen molar-refractivity contribution >= 4 is 17.5 Å². The zero-order valence-corrected chi connectivity index (χ0v) is 11.6. The largest absolute Gasteiger partial charge is 0.487 e. The molecular formula is C13H17ClN2O3. The number of pyridine rings is 1. The normalized spacial score (nSPS) is 19.3. The highest BCUT2D eigenvalue weighted by atomic mass is 35.5. The summed E-state index contributed by atoms with van der Waals surface area (Å²) in [6.07, 6.45) is 4.98. The second-order valence-corrected chi connectivity index (χ2v) is 4.87. The molecule has 1 aliphatic heterocycles. The fourth-order valence-electron chi connectivity index (χ4n) is 2.11. The van der Waals surface area contributed by atoms with Gasteiger partial charge in [-0.15, -0.1) is 0 Å². The van der Waals surface area contributed by atoms with E-state index in [0.29, 0.717) is 17.3 Å². The van der Waals surface area contributed by atoms with Crippen molar-refractivity contribution in [2.75, 3.05) is 26.8 Å². The molecule has 1 aromatic heterocycles. The first-order valence-electron chi connectivity index (χ1n) is 6.23. The number of nitrogens with zero attached hydrogens (tertiary/aromatic N) is 2. The lowest BCUT2D eigenvalue weighted by atomic mass is 10.1. The van der Waals surface area contributed by atoms with Crippen molar-refractivity contribution in [3.05, 3.63) is 23.5 Å². The molecule has 19 heavy (non-hydrogen) atoms. The summed E-state index contributed by atoms with van der Waals surface area (Å²) in [5.74, 6) is 0.610. The summed E-state index contributed by atoms with van der Waals surface area (Å²) in [5, 5.41) is 0.489. The van der Waals surface area contributed by atoms with E-state index < -0.39 is 0 Å². The lowest BCUT2D eigenvalue weighted by Gasteiger charge is -2.32. The maximum Gasteiger partial charge on any atom is 0.248 e. The van der Waals surface area contributed by atoms with E-state index in [1.54, 1.807) is 23.4 Å². The van der Waals surface area contributed by atoms with Crippen LogP contribution in [-0.4, -0.2) is 48.7 Å². The molecule has 6 heteroatoms. The predicted octanol–water partition coefficient (Wildman–Crippen LogP) is 1.75. The Morgan fingerprint density at radius 3 is 3.21 bits per heavy atom. The van der Waals surface area contributed by atoms with Gasteiger partial charge in [0.2, 0.25) is 5.91 Å². The lowest BCUT2D eigenvalue weighted by Crippen LogP contribution is -2.45. The maximum atomic E-state index is 11.8. The molecule has 1 saturated heterocycles. The van der Waals surface area contributed by atoms with Crippen molar-refractivity contribution in [2.45, 2.75) is 18.9 Å².